The molecule has 5 nitrogen and oxygen atoms in total. The van der Waals surface area contributed by atoms with E-state index in [1.165, 1.54) is 12.8 Å². The van der Waals surface area contributed by atoms with Gasteiger partial charge in [0.05, 0.1) is 16.9 Å². The molecule has 5 fully saturated rings. The Morgan fingerprint density at radius 2 is 1.86 bits per heavy atom. The molecule has 28 heavy (non-hydrogen) atoms. The first-order valence-electron chi connectivity index (χ1n) is 11.3. The second kappa shape index (κ2) is 6.79. The lowest BCUT2D eigenvalue weighted by atomic mass is 9.52. The van der Waals surface area contributed by atoms with Crippen molar-refractivity contribution >= 4 is 5.91 Å². The minimum atomic E-state index is -0.464. The zero-order chi connectivity index (χ0) is 19.5. The van der Waals surface area contributed by atoms with Crippen molar-refractivity contribution < 1.29 is 9.90 Å². The molecule has 5 heteroatoms. The third kappa shape index (κ3) is 3.16. The minimum absolute atomic E-state index is 0.00155. The lowest BCUT2D eigenvalue weighted by molar-refractivity contribution is -0.136. The fourth-order valence-corrected chi connectivity index (χ4v) is 6.82. The zero-order valence-corrected chi connectivity index (χ0v) is 17.2. The Labute approximate surface area is 167 Å². The van der Waals surface area contributed by atoms with Crippen LogP contribution in [0.2, 0.25) is 0 Å². The molecule has 2 unspecified atom stereocenters. The molecule has 0 aliphatic heterocycles. The summed E-state index contributed by atoms with van der Waals surface area (Å²) in [5.41, 5.74) is 1.19. The van der Waals surface area contributed by atoms with E-state index in [2.05, 4.69) is 24.1 Å². The van der Waals surface area contributed by atoms with Crippen LogP contribution in [-0.4, -0.2) is 32.6 Å². The molecule has 0 radical (unpaired) electrons. The van der Waals surface area contributed by atoms with Crippen LogP contribution in [0.5, 0.6) is 0 Å². The molecule has 6 rings (SSSR count). The number of carbonyl (C=O) groups excluding carboxylic acids is 1. The molecule has 5 saturated carbocycles. The summed E-state index contributed by atoms with van der Waals surface area (Å²) in [5, 5.41) is 14.2. The molecule has 1 heterocycles. The van der Waals surface area contributed by atoms with Gasteiger partial charge in [-0.3, -0.25) is 4.79 Å². The van der Waals surface area contributed by atoms with Crippen LogP contribution >= 0.6 is 0 Å². The summed E-state index contributed by atoms with van der Waals surface area (Å²) in [7, 11) is 0. The monoisotopic (exact) mass is 383 g/mol. The summed E-state index contributed by atoms with van der Waals surface area (Å²) in [6.07, 6.45) is 11.4. The summed E-state index contributed by atoms with van der Waals surface area (Å²) in [6.45, 7) is 4.21. The molecule has 2 N–H and O–H groups in total. The molecule has 1 amide bonds. The Kier molecular flexibility index (Phi) is 4.49. The molecule has 152 valence electrons. The number of hydrogen-bond acceptors (Lipinski definition) is 4. The number of rotatable bonds is 4. The van der Waals surface area contributed by atoms with Gasteiger partial charge < -0.3 is 10.4 Å². The van der Waals surface area contributed by atoms with Gasteiger partial charge in [0.2, 0.25) is 0 Å². The Hall–Kier alpha value is -1.49. The van der Waals surface area contributed by atoms with E-state index in [4.69, 9.17) is 4.98 Å². The van der Waals surface area contributed by atoms with Crippen LogP contribution in [0, 0.1) is 17.8 Å². The lowest BCUT2D eigenvalue weighted by Gasteiger charge is -2.58. The van der Waals surface area contributed by atoms with Gasteiger partial charge in [0.25, 0.3) is 5.91 Å². The van der Waals surface area contributed by atoms with E-state index < -0.39 is 5.60 Å². The van der Waals surface area contributed by atoms with Crippen molar-refractivity contribution in [2.24, 2.45) is 17.8 Å². The average Bonchev–Trinajstić information content (AvgIpc) is 3.17. The molecular formula is C23H33N3O2. The normalized spacial score (nSPS) is 37.0. The maximum Gasteiger partial charge on any atom is 0.254 e. The van der Waals surface area contributed by atoms with Crippen LogP contribution in [-0.2, 0) is 0 Å². The number of carbonyl (C=O) groups is 1. The van der Waals surface area contributed by atoms with Crippen molar-refractivity contribution in [1.29, 1.82) is 0 Å². The highest BCUT2D eigenvalue weighted by Gasteiger charge is 2.55. The topological polar surface area (TPSA) is 75.1 Å². The van der Waals surface area contributed by atoms with Gasteiger partial charge in [-0.1, -0.05) is 26.7 Å². The average molecular weight is 384 g/mol. The van der Waals surface area contributed by atoms with Gasteiger partial charge in [0, 0.05) is 24.1 Å². The van der Waals surface area contributed by atoms with Gasteiger partial charge in [-0.05, 0) is 62.7 Å². The first kappa shape index (κ1) is 18.5. The van der Waals surface area contributed by atoms with Crippen molar-refractivity contribution in [2.45, 2.75) is 95.1 Å². The number of amides is 1. The van der Waals surface area contributed by atoms with Crippen molar-refractivity contribution in [3.63, 3.8) is 0 Å². The number of nitrogens with zero attached hydrogens (tertiary/aromatic N) is 2. The highest BCUT2D eigenvalue weighted by Crippen LogP contribution is 2.55. The van der Waals surface area contributed by atoms with E-state index in [0.717, 1.165) is 56.5 Å². The van der Waals surface area contributed by atoms with Gasteiger partial charge in [-0.15, -0.1) is 0 Å². The van der Waals surface area contributed by atoms with E-state index in [1.54, 1.807) is 6.20 Å². The Bertz CT molecular complexity index is 755. The van der Waals surface area contributed by atoms with Gasteiger partial charge in [0.15, 0.2) is 0 Å². The summed E-state index contributed by atoms with van der Waals surface area (Å²) < 4.78 is 0. The largest absolute Gasteiger partial charge is 0.390 e. The third-order valence-electron chi connectivity index (χ3n) is 7.88. The predicted octanol–water partition coefficient (Wildman–Crippen LogP) is 3.93. The molecule has 4 bridgehead atoms. The van der Waals surface area contributed by atoms with Gasteiger partial charge >= 0.3 is 0 Å². The summed E-state index contributed by atoms with van der Waals surface area (Å²) in [4.78, 5) is 22.7. The zero-order valence-electron chi connectivity index (χ0n) is 17.2. The van der Waals surface area contributed by atoms with Crippen LogP contribution in [0.15, 0.2) is 6.20 Å². The second-order valence-electron chi connectivity index (χ2n) is 10.4. The fourth-order valence-electron chi connectivity index (χ4n) is 6.82. The molecule has 1 aromatic heterocycles. The Morgan fingerprint density at radius 1 is 1.18 bits per heavy atom. The van der Waals surface area contributed by atoms with E-state index >= 15 is 0 Å². The molecule has 5 aliphatic carbocycles. The molecule has 0 saturated heterocycles. The highest BCUT2D eigenvalue weighted by atomic mass is 16.3. The quantitative estimate of drug-likeness (QED) is 0.826. The molecule has 0 spiro atoms. The first-order chi connectivity index (χ1) is 13.4. The number of hydrogen-bond donors (Lipinski definition) is 2. The van der Waals surface area contributed by atoms with Crippen LogP contribution in [0.3, 0.4) is 0 Å². The van der Waals surface area contributed by atoms with E-state index in [9.17, 15) is 9.90 Å². The molecular weight excluding hydrogens is 350 g/mol. The molecule has 5 aliphatic rings. The van der Waals surface area contributed by atoms with Gasteiger partial charge in [0.1, 0.15) is 5.82 Å². The SMILES string of the molecule is CC(C)c1ncc(C(=O)N[C@H]2C3CC4CC2C[C@@](O)(C4)C3)c(C2CCCC2)n1. The van der Waals surface area contributed by atoms with E-state index in [0.29, 0.717) is 29.2 Å². The Balaban J connectivity index is 1.39. The third-order valence-corrected chi connectivity index (χ3v) is 7.88. The fraction of sp³-hybridized carbons (Fsp3) is 0.783. The van der Waals surface area contributed by atoms with E-state index in [-0.39, 0.29) is 17.9 Å². The molecule has 1 aromatic rings. The summed E-state index contributed by atoms with van der Waals surface area (Å²) in [5.74, 6) is 3.00. The number of aliphatic hydroxyl groups is 1. The highest BCUT2D eigenvalue weighted by molar-refractivity contribution is 5.95. The smallest absolute Gasteiger partial charge is 0.254 e. The van der Waals surface area contributed by atoms with Crippen molar-refractivity contribution in [2.75, 3.05) is 0 Å². The molecule has 0 aromatic carbocycles. The standard InChI is InChI=1S/C23H33N3O2/c1-13(2)21-24-12-18(20(25-21)15-5-3-4-6-15)22(27)26-19-16-7-14-8-17(19)11-23(28,9-14)10-16/h12-17,19,28H,3-11H2,1-2H3,(H,26,27)/t14?,16?,17?,19-,23+. The summed E-state index contributed by atoms with van der Waals surface area (Å²) in [6, 6.07) is 0.200. The lowest BCUT2D eigenvalue weighted by Crippen LogP contribution is -2.61. The maximum atomic E-state index is 13.3. The Morgan fingerprint density at radius 3 is 2.46 bits per heavy atom. The van der Waals surface area contributed by atoms with Crippen LogP contribution in [0.4, 0.5) is 0 Å². The van der Waals surface area contributed by atoms with Gasteiger partial charge in [-0.25, -0.2) is 9.97 Å². The van der Waals surface area contributed by atoms with Crippen LogP contribution < -0.4 is 5.32 Å². The minimum Gasteiger partial charge on any atom is -0.390 e. The maximum absolute atomic E-state index is 13.3. The van der Waals surface area contributed by atoms with Crippen molar-refractivity contribution in [3.05, 3.63) is 23.3 Å². The van der Waals surface area contributed by atoms with Crippen LogP contribution in [0.25, 0.3) is 0 Å². The van der Waals surface area contributed by atoms with Crippen molar-refractivity contribution in [1.82, 2.24) is 15.3 Å². The molecule has 2 atom stereocenters. The summed E-state index contributed by atoms with van der Waals surface area (Å²) >= 11 is 0. The first-order valence-corrected chi connectivity index (χ1v) is 11.3. The van der Waals surface area contributed by atoms with Crippen molar-refractivity contribution in [3.8, 4) is 0 Å². The number of aromatic nitrogens is 2. The number of nitrogens with one attached hydrogen (secondary N) is 1. The van der Waals surface area contributed by atoms with E-state index in [1.807, 2.05) is 0 Å². The second-order valence-corrected chi connectivity index (χ2v) is 10.4. The van der Waals surface area contributed by atoms with Gasteiger partial charge in [-0.2, -0.15) is 0 Å². The van der Waals surface area contributed by atoms with Crippen LogP contribution in [0.1, 0.15) is 105 Å². The predicted molar refractivity (Wildman–Crippen MR) is 107 cm³/mol.